The molecule has 0 amide bonds. The Morgan fingerprint density at radius 2 is 1.30 bits per heavy atom. The molecule has 0 saturated heterocycles. The zero-order valence-corrected chi connectivity index (χ0v) is 15.8. The number of phenolic OH excluding ortho intramolecular Hbond substituents is 2. The van der Waals surface area contributed by atoms with Crippen molar-refractivity contribution in [2.45, 2.75) is 21.6 Å². The number of hydrogen-bond donors (Lipinski definition) is 2. The summed E-state index contributed by atoms with van der Waals surface area (Å²) < 4.78 is 57.5. The molecule has 0 saturated carbocycles. The number of sulfone groups is 1. The molecule has 0 heterocycles. The van der Waals surface area contributed by atoms with Crippen LogP contribution >= 0.6 is 0 Å². The van der Waals surface area contributed by atoms with Crippen LogP contribution in [0, 0.1) is 6.92 Å². The molecule has 2 aromatic rings. The molecule has 2 N–H and O–H groups in total. The number of aromatic hydroxyl groups is 2. The molecule has 0 aliphatic carbocycles. The van der Waals surface area contributed by atoms with Crippen LogP contribution in [0.25, 0.3) is 0 Å². The van der Waals surface area contributed by atoms with E-state index in [4.69, 9.17) is 0 Å². The van der Waals surface area contributed by atoms with E-state index in [9.17, 15) is 31.6 Å². The van der Waals surface area contributed by atoms with E-state index in [2.05, 4.69) is 0 Å². The Labute approximate surface area is 163 Å². The van der Waals surface area contributed by atoms with Crippen molar-refractivity contribution in [1.29, 1.82) is 0 Å². The fourth-order valence-corrected chi connectivity index (χ4v) is 3.72. The fraction of sp³-hybridized carbons (Fsp3) is 0.0769. The number of hydrogen-bond acceptors (Lipinski definition) is 7. The first kappa shape index (κ1) is 20.2. The van der Waals surface area contributed by atoms with Crippen molar-refractivity contribution in [2.24, 2.45) is 0 Å². The number of aryl methyl sites for hydroxylation is 1. The Morgan fingerprint density at radius 3 is 1.78 bits per heavy atom. The van der Waals surface area contributed by atoms with Crippen molar-refractivity contribution in [3.05, 3.63) is 42.0 Å². The summed E-state index contributed by atoms with van der Waals surface area (Å²) in [6.07, 6.45) is 0. The van der Waals surface area contributed by atoms with E-state index >= 15 is 0 Å². The smallest absolute Gasteiger partial charge is 0.210 e. The van der Waals surface area contributed by atoms with Gasteiger partial charge < -0.3 is 14.8 Å². The molecule has 0 fully saturated rings. The third-order valence-electron chi connectivity index (χ3n) is 2.93. The quantitative estimate of drug-likeness (QED) is 0.454. The minimum absolute atomic E-state index is 0. The first-order valence-electron chi connectivity index (χ1n) is 5.87. The normalized spacial score (nSPS) is 11.7. The Hall–Kier alpha value is -0.840. The van der Waals surface area contributed by atoms with Crippen molar-refractivity contribution in [2.75, 3.05) is 0 Å². The van der Waals surface area contributed by atoms with Gasteiger partial charge in [-0.3, -0.25) is 0 Å². The molecule has 2 rings (SSSR count). The summed E-state index contributed by atoms with van der Waals surface area (Å²) >= 11 is 0. The van der Waals surface area contributed by atoms with Gasteiger partial charge in [0.05, 0.1) is 9.79 Å². The second-order valence-corrected chi connectivity index (χ2v) is 7.82. The second kappa shape index (κ2) is 6.96. The Morgan fingerprint density at radius 1 is 0.870 bits per heavy atom. The summed E-state index contributed by atoms with van der Waals surface area (Å²) in [5.41, 5.74) is 0.818. The standard InChI is InChI=1S/C13H12O7S2.Ca/c1-8-2-4-9(5-3-8)21(16,17)12-6-11(15)13(7-10(12)14)22(18,19)20;/h2-7,14-15H,1H3,(H,18,19,20);/p-1. The van der Waals surface area contributed by atoms with E-state index in [1.807, 2.05) is 0 Å². The van der Waals surface area contributed by atoms with Gasteiger partial charge in [-0.25, -0.2) is 16.8 Å². The molecule has 7 nitrogen and oxygen atoms in total. The monoisotopic (exact) mass is 383 g/mol. The Balaban J connectivity index is 0.00000264. The molecule has 0 unspecified atom stereocenters. The van der Waals surface area contributed by atoms with Gasteiger partial charge in [-0.2, -0.15) is 0 Å². The van der Waals surface area contributed by atoms with Crippen LogP contribution in [-0.4, -0.2) is 69.3 Å². The van der Waals surface area contributed by atoms with Crippen LogP contribution in [0.4, 0.5) is 0 Å². The summed E-state index contributed by atoms with van der Waals surface area (Å²) in [6.45, 7) is 1.76. The van der Waals surface area contributed by atoms with Gasteiger partial charge in [-0.15, -0.1) is 0 Å². The minimum atomic E-state index is -5.04. The van der Waals surface area contributed by atoms with Crippen LogP contribution < -0.4 is 0 Å². The molecule has 2 radical (unpaired) electrons. The van der Waals surface area contributed by atoms with Crippen molar-refractivity contribution in [3.8, 4) is 11.5 Å². The molecule has 10 heteroatoms. The summed E-state index contributed by atoms with van der Waals surface area (Å²) in [6, 6.07) is 6.65. The molecule has 120 valence electrons. The molecule has 0 atom stereocenters. The van der Waals surface area contributed by atoms with Gasteiger partial charge in [0.15, 0.2) is 0 Å². The van der Waals surface area contributed by atoms with Gasteiger partial charge in [0.1, 0.15) is 26.5 Å². The van der Waals surface area contributed by atoms with E-state index < -0.39 is 41.2 Å². The zero-order chi connectivity index (χ0) is 16.7. The fourth-order valence-electron chi connectivity index (χ4n) is 1.80. The summed E-state index contributed by atoms with van der Waals surface area (Å²) in [7, 11) is -9.22. The third kappa shape index (κ3) is 4.17. The largest absolute Gasteiger partial charge is 0.744 e. The molecule has 0 spiro atoms. The van der Waals surface area contributed by atoms with Crippen molar-refractivity contribution >= 4 is 57.7 Å². The van der Waals surface area contributed by atoms with Gasteiger partial charge >= 0.3 is 0 Å². The van der Waals surface area contributed by atoms with Crippen LogP contribution in [0.1, 0.15) is 5.56 Å². The van der Waals surface area contributed by atoms with Crippen LogP contribution in [0.2, 0.25) is 0 Å². The Bertz CT molecular complexity index is 933. The van der Waals surface area contributed by atoms with E-state index in [1.165, 1.54) is 12.1 Å². The first-order chi connectivity index (χ1) is 10.0. The van der Waals surface area contributed by atoms with Crippen LogP contribution in [0.5, 0.6) is 11.5 Å². The zero-order valence-electron chi connectivity index (χ0n) is 11.9. The third-order valence-corrected chi connectivity index (χ3v) is 5.60. The maximum absolute atomic E-state index is 12.4. The van der Waals surface area contributed by atoms with Gasteiger partial charge in [0, 0.05) is 49.9 Å². The van der Waals surface area contributed by atoms with E-state index in [0.717, 1.165) is 5.56 Å². The number of rotatable bonds is 3. The van der Waals surface area contributed by atoms with Crippen molar-refractivity contribution < 1.29 is 31.6 Å². The summed E-state index contributed by atoms with van der Waals surface area (Å²) in [5.74, 6) is -1.98. The SMILES string of the molecule is Cc1ccc(S(=O)(=O)c2cc(O)c(S(=O)(=O)[O-])cc2O)cc1.[Ca]. The molecule has 0 aromatic heterocycles. The topological polar surface area (TPSA) is 132 Å². The number of benzene rings is 2. The maximum Gasteiger partial charge on any atom is 0.210 e. The summed E-state index contributed by atoms with van der Waals surface area (Å²) in [4.78, 5) is -1.93. The van der Waals surface area contributed by atoms with Gasteiger partial charge in [-0.05, 0) is 19.1 Å². The molecule has 0 aliphatic heterocycles. The molecule has 0 bridgehead atoms. The molecular formula is C13H11CaO7S2-. The molecule has 23 heavy (non-hydrogen) atoms. The van der Waals surface area contributed by atoms with Crippen LogP contribution in [-0.2, 0) is 20.0 Å². The summed E-state index contributed by atoms with van der Waals surface area (Å²) in [5, 5.41) is 19.3. The van der Waals surface area contributed by atoms with E-state index in [0.29, 0.717) is 12.1 Å². The predicted molar refractivity (Wildman–Crippen MR) is 80.1 cm³/mol. The van der Waals surface area contributed by atoms with Crippen LogP contribution in [0.3, 0.4) is 0 Å². The van der Waals surface area contributed by atoms with E-state index in [1.54, 1.807) is 19.1 Å². The van der Waals surface area contributed by atoms with Gasteiger partial charge in [0.2, 0.25) is 9.84 Å². The predicted octanol–water partition coefficient (Wildman–Crippen LogP) is 0.762. The maximum atomic E-state index is 12.4. The number of phenols is 2. The van der Waals surface area contributed by atoms with E-state index in [-0.39, 0.29) is 42.6 Å². The second-order valence-electron chi connectivity index (χ2n) is 4.56. The van der Waals surface area contributed by atoms with Crippen molar-refractivity contribution in [3.63, 3.8) is 0 Å². The minimum Gasteiger partial charge on any atom is -0.744 e. The average molecular weight is 383 g/mol. The van der Waals surface area contributed by atoms with Crippen LogP contribution in [0.15, 0.2) is 51.1 Å². The average Bonchev–Trinajstić information content (AvgIpc) is 2.40. The first-order valence-corrected chi connectivity index (χ1v) is 8.76. The van der Waals surface area contributed by atoms with Gasteiger partial charge in [0.25, 0.3) is 0 Å². The Kier molecular flexibility index (Phi) is 6.11. The molecular weight excluding hydrogens is 372 g/mol. The molecule has 0 aliphatic rings. The molecule has 2 aromatic carbocycles. The van der Waals surface area contributed by atoms with Crippen molar-refractivity contribution in [1.82, 2.24) is 0 Å². The van der Waals surface area contributed by atoms with Gasteiger partial charge in [-0.1, -0.05) is 17.7 Å².